The average Bonchev–Trinajstić information content (AvgIpc) is 2.17. The molecular weight excluding hydrogens is 172 g/mol. The maximum Gasteiger partial charge on any atom is 0.128 e. The molecular formula is C12H20N2. The molecule has 0 fully saturated rings. The van der Waals surface area contributed by atoms with Crippen LogP contribution in [-0.4, -0.2) is 11.5 Å². The van der Waals surface area contributed by atoms with Crippen LogP contribution in [0.5, 0.6) is 0 Å². The van der Waals surface area contributed by atoms with E-state index in [-0.39, 0.29) is 0 Å². The Bertz CT molecular complexity index is 292. The SMILES string of the molecule is CCC(C)(C)CNc1ncccc1C. The van der Waals surface area contributed by atoms with Crippen molar-refractivity contribution in [3.63, 3.8) is 0 Å². The molecule has 0 bridgehead atoms. The largest absolute Gasteiger partial charge is 0.369 e. The van der Waals surface area contributed by atoms with Gasteiger partial charge in [0.2, 0.25) is 0 Å². The summed E-state index contributed by atoms with van der Waals surface area (Å²) in [4.78, 5) is 4.30. The van der Waals surface area contributed by atoms with Crippen LogP contribution in [0.15, 0.2) is 18.3 Å². The Kier molecular flexibility index (Phi) is 3.50. The summed E-state index contributed by atoms with van der Waals surface area (Å²) < 4.78 is 0. The van der Waals surface area contributed by atoms with Gasteiger partial charge in [-0.25, -0.2) is 4.98 Å². The fraction of sp³-hybridized carbons (Fsp3) is 0.583. The number of rotatable bonds is 4. The third-order valence-electron chi connectivity index (χ3n) is 2.70. The van der Waals surface area contributed by atoms with Crippen molar-refractivity contribution in [2.24, 2.45) is 5.41 Å². The summed E-state index contributed by atoms with van der Waals surface area (Å²) in [6.07, 6.45) is 3.00. The quantitative estimate of drug-likeness (QED) is 0.792. The minimum absolute atomic E-state index is 0.337. The smallest absolute Gasteiger partial charge is 0.128 e. The Morgan fingerprint density at radius 3 is 2.71 bits per heavy atom. The van der Waals surface area contributed by atoms with Crippen LogP contribution in [0.3, 0.4) is 0 Å². The molecule has 78 valence electrons. The molecule has 0 atom stereocenters. The van der Waals surface area contributed by atoms with Crippen LogP contribution in [0.25, 0.3) is 0 Å². The highest BCUT2D eigenvalue weighted by atomic mass is 15.0. The summed E-state index contributed by atoms with van der Waals surface area (Å²) in [6.45, 7) is 9.79. The number of anilines is 1. The number of hydrogen-bond donors (Lipinski definition) is 1. The summed E-state index contributed by atoms with van der Waals surface area (Å²) in [6, 6.07) is 4.04. The molecule has 14 heavy (non-hydrogen) atoms. The van der Waals surface area contributed by atoms with Gasteiger partial charge in [0.1, 0.15) is 5.82 Å². The Hall–Kier alpha value is -1.05. The number of nitrogens with one attached hydrogen (secondary N) is 1. The lowest BCUT2D eigenvalue weighted by molar-refractivity contribution is 0.376. The molecule has 0 aromatic carbocycles. The lowest BCUT2D eigenvalue weighted by atomic mass is 9.90. The first-order valence-corrected chi connectivity index (χ1v) is 5.20. The van der Waals surface area contributed by atoms with E-state index in [1.165, 1.54) is 12.0 Å². The molecule has 0 aliphatic carbocycles. The van der Waals surface area contributed by atoms with Gasteiger partial charge in [-0.05, 0) is 30.4 Å². The predicted octanol–water partition coefficient (Wildman–Crippen LogP) is 3.24. The molecule has 2 nitrogen and oxygen atoms in total. The zero-order chi connectivity index (χ0) is 10.6. The van der Waals surface area contributed by atoms with E-state index in [0.29, 0.717) is 5.41 Å². The van der Waals surface area contributed by atoms with Gasteiger partial charge in [-0.1, -0.05) is 26.8 Å². The Balaban J connectivity index is 2.58. The number of aryl methyl sites for hydroxylation is 1. The second-order valence-electron chi connectivity index (χ2n) is 4.54. The van der Waals surface area contributed by atoms with Gasteiger partial charge in [0, 0.05) is 12.7 Å². The fourth-order valence-corrected chi connectivity index (χ4v) is 1.12. The first kappa shape index (κ1) is 11.0. The summed E-state index contributed by atoms with van der Waals surface area (Å²) >= 11 is 0. The van der Waals surface area contributed by atoms with Crippen molar-refractivity contribution in [2.45, 2.75) is 34.1 Å². The highest BCUT2D eigenvalue weighted by molar-refractivity contribution is 5.42. The third kappa shape index (κ3) is 3.02. The van der Waals surface area contributed by atoms with Crippen LogP contribution in [0, 0.1) is 12.3 Å². The molecule has 1 aromatic rings. The van der Waals surface area contributed by atoms with E-state index in [0.717, 1.165) is 12.4 Å². The van der Waals surface area contributed by atoms with Gasteiger partial charge in [-0.15, -0.1) is 0 Å². The second-order valence-corrected chi connectivity index (χ2v) is 4.54. The number of pyridine rings is 1. The maximum absolute atomic E-state index is 4.30. The average molecular weight is 192 g/mol. The Morgan fingerprint density at radius 1 is 1.43 bits per heavy atom. The molecule has 1 rings (SSSR count). The number of nitrogens with zero attached hydrogens (tertiary/aromatic N) is 1. The van der Waals surface area contributed by atoms with Gasteiger partial charge in [0.25, 0.3) is 0 Å². The number of aromatic nitrogens is 1. The summed E-state index contributed by atoms with van der Waals surface area (Å²) in [7, 11) is 0. The van der Waals surface area contributed by atoms with E-state index in [9.17, 15) is 0 Å². The standard InChI is InChI=1S/C12H20N2/c1-5-12(3,4)9-14-11-10(2)7-6-8-13-11/h6-8H,5,9H2,1-4H3,(H,13,14). The highest BCUT2D eigenvalue weighted by Gasteiger charge is 2.14. The Labute approximate surface area is 86.8 Å². The van der Waals surface area contributed by atoms with Crippen molar-refractivity contribution in [1.82, 2.24) is 4.98 Å². The van der Waals surface area contributed by atoms with Crippen LogP contribution in [0.2, 0.25) is 0 Å². The molecule has 0 radical (unpaired) electrons. The summed E-state index contributed by atoms with van der Waals surface area (Å²) in [5.74, 6) is 1.01. The van der Waals surface area contributed by atoms with E-state index in [2.05, 4.69) is 44.1 Å². The molecule has 1 N–H and O–H groups in total. The summed E-state index contributed by atoms with van der Waals surface area (Å²) in [5.41, 5.74) is 1.55. The predicted molar refractivity (Wildman–Crippen MR) is 61.5 cm³/mol. The van der Waals surface area contributed by atoms with Crippen LogP contribution in [-0.2, 0) is 0 Å². The van der Waals surface area contributed by atoms with E-state index >= 15 is 0 Å². The lowest BCUT2D eigenvalue weighted by Crippen LogP contribution is -2.22. The number of hydrogen-bond acceptors (Lipinski definition) is 2. The molecule has 0 saturated heterocycles. The molecule has 1 aromatic heterocycles. The van der Waals surface area contributed by atoms with Crippen molar-refractivity contribution in [3.05, 3.63) is 23.9 Å². The van der Waals surface area contributed by atoms with Crippen LogP contribution in [0.1, 0.15) is 32.8 Å². The zero-order valence-electron chi connectivity index (χ0n) is 9.59. The molecule has 0 aliphatic heterocycles. The highest BCUT2D eigenvalue weighted by Crippen LogP contribution is 2.20. The van der Waals surface area contributed by atoms with Gasteiger partial charge < -0.3 is 5.32 Å². The normalized spacial score (nSPS) is 11.4. The van der Waals surface area contributed by atoms with Gasteiger partial charge in [-0.3, -0.25) is 0 Å². The van der Waals surface area contributed by atoms with Crippen molar-refractivity contribution < 1.29 is 0 Å². The van der Waals surface area contributed by atoms with Crippen LogP contribution in [0.4, 0.5) is 5.82 Å². The molecule has 0 unspecified atom stereocenters. The minimum Gasteiger partial charge on any atom is -0.369 e. The van der Waals surface area contributed by atoms with Crippen molar-refractivity contribution >= 4 is 5.82 Å². The first-order chi connectivity index (χ1) is 6.55. The van der Waals surface area contributed by atoms with Crippen LogP contribution < -0.4 is 5.32 Å². The van der Waals surface area contributed by atoms with Crippen molar-refractivity contribution in [1.29, 1.82) is 0 Å². The molecule has 0 saturated carbocycles. The molecule has 0 spiro atoms. The lowest BCUT2D eigenvalue weighted by Gasteiger charge is -2.23. The third-order valence-corrected chi connectivity index (χ3v) is 2.70. The van der Waals surface area contributed by atoms with Gasteiger partial charge >= 0.3 is 0 Å². The molecule has 2 heteroatoms. The molecule has 0 aliphatic rings. The fourth-order valence-electron chi connectivity index (χ4n) is 1.12. The van der Waals surface area contributed by atoms with E-state index in [1.807, 2.05) is 12.3 Å². The topological polar surface area (TPSA) is 24.9 Å². The molecule has 0 amide bonds. The second kappa shape index (κ2) is 4.45. The van der Waals surface area contributed by atoms with Crippen LogP contribution >= 0.6 is 0 Å². The van der Waals surface area contributed by atoms with Gasteiger partial charge in [0.05, 0.1) is 0 Å². The minimum atomic E-state index is 0.337. The van der Waals surface area contributed by atoms with E-state index in [4.69, 9.17) is 0 Å². The van der Waals surface area contributed by atoms with E-state index in [1.54, 1.807) is 0 Å². The maximum atomic E-state index is 4.30. The first-order valence-electron chi connectivity index (χ1n) is 5.20. The van der Waals surface area contributed by atoms with Crippen molar-refractivity contribution in [3.8, 4) is 0 Å². The Morgan fingerprint density at radius 2 is 2.14 bits per heavy atom. The van der Waals surface area contributed by atoms with Gasteiger partial charge in [-0.2, -0.15) is 0 Å². The summed E-state index contributed by atoms with van der Waals surface area (Å²) in [5, 5.41) is 3.39. The van der Waals surface area contributed by atoms with Gasteiger partial charge in [0.15, 0.2) is 0 Å². The van der Waals surface area contributed by atoms with Crippen molar-refractivity contribution in [2.75, 3.05) is 11.9 Å². The van der Waals surface area contributed by atoms with E-state index < -0.39 is 0 Å². The molecule has 1 heterocycles. The zero-order valence-corrected chi connectivity index (χ0v) is 9.59. The monoisotopic (exact) mass is 192 g/mol.